The Labute approximate surface area is 211 Å². The fourth-order valence-corrected chi connectivity index (χ4v) is 6.49. The number of anilines is 3. The number of nitrogens with one attached hydrogen (secondary N) is 4. The molecule has 6 rings (SSSR count). The molecule has 0 amide bonds. The van der Waals surface area contributed by atoms with E-state index >= 15 is 0 Å². The van der Waals surface area contributed by atoms with E-state index in [1.165, 1.54) is 12.8 Å². The molecule has 5 unspecified atom stereocenters. The minimum atomic E-state index is -1.05. The number of nitrogens with zero attached hydrogens (tertiary/aromatic N) is 4. The van der Waals surface area contributed by atoms with Crippen molar-refractivity contribution in [3.8, 4) is 0 Å². The largest absolute Gasteiger partial charge is 0.371 e. The van der Waals surface area contributed by atoms with Gasteiger partial charge in [0.25, 0.3) is 0 Å². The highest BCUT2D eigenvalue weighted by atomic mass is 35.5. The van der Waals surface area contributed by atoms with Gasteiger partial charge in [0.05, 0.1) is 60.4 Å². The van der Waals surface area contributed by atoms with Crippen molar-refractivity contribution in [2.24, 2.45) is 5.92 Å². The molecule has 5 atom stereocenters. The summed E-state index contributed by atoms with van der Waals surface area (Å²) in [6.07, 6.45) is 9.51. The van der Waals surface area contributed by atoms with Crippen LogP contribution in [0.5, 0.6) is 0 Å². The lowest BCUT2D eigenvalue weighted by atomic mass is 10.1. The summed E-state index contributed by atoms with van der Waals surface area (Å²) in [4.78, 5) is 8.91. The van der Waals surface area contributed by atoms with Gasteiger partial charge >= 0.3 is 0 Å². The van der Waals surface area contributed by atoms with E-state index in [-0.39, 0.29) is 24.3 Å². The molecule has 1 saturated carbocycles. The van der Waals surface area contributed by atoms with Gasteiger partial charge in [0.15, 0.2) is 5.82 Å². The van der Waals surface area contributed by atoms with E-state index in [1.807, 2.05) is 10.9 Å². The lowest BCUT2D eigenvalue weighted by Gasteiger charge is -2.22. The van der Waals surface area contributed by atoms with Crippen molar-refractivity contribution in [1.82, 2.24) is 29.8 Å². The molecule has 190 valence electrons. The summed E-state index contributed by atoms with van der Waals surface area (Å²) < 4.78 is 29.6. The standard InChI is InChI=1S/C22H31ClN8O3S/c23-16-8-25-22(27-14-7-26-31(9-14)15-3-5-24-6-4-15)29-21(16)28-17-10-33-20-18(11-34-19(17)20)30-35(32)12-13-1-2-13/h7-9,13,15,17-20,24,30H,1-6,10-12H2,(H2,25,27,28,29). The van der Waals surface area contributed by atoms with E-state index in [2.05, 4.69) is 35.7 Å². The van der Waals surface area contributed by atoms with E-state index in [0.29, 0.717) is 47.7 Å². The van der Waals surface area contributed by atoms with Crippen LogP contribution in [0.4, 0.5) is 17.5 Å². The van der Waals surface area contributed by atoms with Crippen LogP contribution in [0.25, 0.3) is 0 Å². The number of rotatable bonds is 9. The summed E-state index contributed by atoms with van der Waals surface area (Å²) in [5.41, 5.74) is 0.827. The number of halogens is 1. The maximum absolute atomic E-state index is 12.4. The summed E-state index contributed by atoms with van der Waals surface area (Å²) in [6, 6.07) is 0.203. The summed E-state index contributed by atoms with van der Waals surface area (Å²) in [6.45, 7) is 2.94. The summed E-state index contributed by atoms with van der Waals surface area (Å²) >= 11 is 6.41. The fourth-order valence-electron chi connectivity index (χ4n) is 4.95. The highest BCUT2D eigenvalue weighted by Crippen LogP contribution is 2.32. The molecule has 0 radical (unpaired) electrons. The van der Waals surface area contributed by atoms with Crippen molar-refractivity contribution in [3.05, 3.63) is 23.6 Å². The molecule has 4 aliphatic rings. The maximum atomic E-state index is 12.4. The highest BCUT2D eigenvalue weighted by molar-refractivity contribution is 7.83. The van der Waals surface area contributed by atoms with E-state index in [1.54, 1.807) is 12.4 Å². The van der Waals surface area contributed by atoms with Gasteiger partial charge in [0.1, 0.15) is 17.2 Å². The average molecular weight is 523 g/mol. The Morgan fingerprint density at radius 2 is 1.89 bits per heavy atom. The molecule has 5 heterocycles. The Morgan fingerprint density at radius 1 is 1.11 bits per heavy atom. The minimum absolute atomic E-state index is 0.0824. The molecule has 0 spiro atoms. The molecule has 3 saturated heterocycles. The van der Waals surface area contributed by atoms with Crippen molar-refractivity contribution >= 4 is 40.0 Å². The third-order valence-electron chi connectivity index (χ3n) is 7.03. The Hall–Kier alpha value is -1.83. The number of fused-ring (bicyclic) bond motifs is 1. The second kappa shape index (κ2) is 10.3. The molecule has 13 heteroatoms. The van der Waals surface area contributed by atoms with Crippen LogP contribution in [0.15, 0.2) is 18.6 Å². The van der Waals surface area contributed by atoms with Gasteiger partial charge in [-0.3, -0.25) is 4.68 Å². The number of ether oxygens (including phenoxy) is 2. The molecule has 11 nitrogen and oxygen atoms in total. The van der Waals surface area contributed by atoms with Crippen LogP contribution in [0, 0.1) is 5.92 Å². The molecule has 0 aromatic carbocycles. The summed E-state index contributed by atoms with van der Waals surface area (Å²) in [7, 11) is -1.05. The Balaban J connectivity index is 1.07. The van der Waals surface area contributed by atoms with Gasteiger partial charge in [-0.1, -0.05) is 11.6 Å². The smallest absolute Gasteiger partial charge is 0.229 e. The Morgan fingerprint density at radius 3 is 2.69 bits per heavy atom. The first-order chi connectivity index (χ1) is 17.1. The number of hydrogen-bond donors (Lipinski definition) is 4. The van der Waals surface area contributed by atoms with Crippen LogP contribution in [0.3, 0.4) is 0 Å². The van der Waals surface area contributed by atoms with Crippen molar-refractivity contribution in [2.75, 3.05) is 42.7 Å². The first kappa shape index (κ1) is 23.6. The second-order valence-electron chi connectivity index (χ2n) is 9.73. The van der Waals surface area contributed by atoms with Crippen molar-refractivity contribution in [3.63, 3.8) is 0 Å². The monoisotopic (exact) mass is 522 g/mol. The van der Waals surface area contributed by atoms with Crippen LogP contribution >= 0.6 is 11.6 Å². The molecule has 35 heavy (non-hydrogen) atoms. The van der Waals surface area contributed by atoms with Crippen molar-refractivity contribution in [1.29, 1.82) is 0 Å². The Bertz CT molecular complexity index is 1060. The van der Waals surface area contributed by atoms with Crippen molar-refractivity contribution < 1.29 is 13.7 Å². The quantitative estimate of drug-likeness (QED) is 0.388. The SMILES string of the molecule is O=S(CC1CC1)NC1COC2C(Nc3nc(Nc4cnn(C5CCNCC5)c4)ncc3Cl)COC12. The zero-order chi connectivity index (χ0) is 23.8. The molecule has 3 aliphatic heterocycles. The van der Waals surface area contributed by atoms with Crippen LogP contribution in [-0.2, 0) is 20.5 Å². The first-order valence-electron chi connectivity index (χ1n) is 12.3. The van der Waals surface area contributed by atoms with E-state index in [0.717, 1.165) is 31.6 Å². The number of hydrogen-bond acceptors (Lipinski definition) is 9. The number of piperidine rings is 1. The molecule has 2 aromatic heterocycles. The maximum Gasteiger partial charge on any atom is 0.229 e. The highest BCUT2D eigenvalue weighted by Gasteiger charge is 2.48. The van der Waals surface area contributed by atoms with Gasteiger partial charge in [-0.05, 0) is 44.7 Å². The predicted octanol–water partition coefficient (Wildman–Crippen LogP) is 1.60. The molecular formula is C22H31ClN8O3S. The van der Waals surface area contributed by atoms with E-state index in [4.69, 9.17) is 21.1 Å². The minimum Gasteiger partial charge on any atom is -0.371 e. The van der Waals surface area contributed by atoms with Crippen LogP contribution < -0.4 is 20.7 Å². The fraction of sp³-hybridized carbons (Fsp3) is 0.682. The zero-order valence-electron chi connectivity index (χ0n) is 19.4. The van der Waals surface area contributed by atoms with Gasteiger partial charge in [0.2, 0.25) is 5.95 Å². The predicted molar refractivity (Wildman–Crippen MR) is 133 cm³/mol. The van der Waals surface area contributed by atoms with E-state index in [9.17, 15) is 4.21 Å². The molecule has 0 bridgehead atoms. The lowest BCUT2D eigenvalue weighted by Crippen LogP contribution is -2.43. The van der Waals surface area contributed by atoms with Gasteiger partial charge in [-0.15, -0.1) is 0 Å². The van der Waals surface area contributed by atoms with Crippen LogP contribution in [-0.4, -0.2) is 80.3 Å². The molecule has 1 aliphatic carbocycles. The van der Waals surface area contributed by atoms with E-state index < -0.39 is 11.0 Å². The summed E-state index contributed by atoms with van der Waals surface area (Å²) in [5.74, 6) is 2.25. The molecule has 4 N–H and O–H groups in total. The van der Waals surface area contributed by atoms with Gasteiger partial charge in [0, 0.05) is 11.9 Å². The first-order valence-corrected chi connectivity index (χ1v) is 14.0. The normalized spacial score (nSPS) is 29.7. The summed E-state index contributed by atoms with van der Waals surface area (Å²) in [5, 5.41) is 14.9. The zero-order valence-corrected chi connectivity index (χ0v) is 20.9. The Kier molecular flexibility index (Phi) is 6.91. The van der Waals surface area contributed by atoms with Crippen LogP contribution in [0.1, 0.15) is 31.7 Å². The van der Waals surface area contributed by atoms with Gasteiger partial charge in [-0.2, -0.15) is 10.1 Å². The average Bonchev–Trinajstić information content (AvgIpc) is 3.23. The second-order valence-corrected chi connectivity index (χ2v) is 11.4. The molecule has 2 aromatic rings. The number of aromatic nitrogens is 4. The molecule has 4 fully saturated rings. The lowest BCUT2D eigenvalue weighted by molar-refractivity contribution is 0.0691. The van der Waals surface area contributed by atoms with Gasteiger partial charge < -0.3 is 25.4 Å². The third kappa shape index (κ3) is 5.47. The van der Waals surface area contributed by atoms with Crippen LogP contribution in [0.2, 0.25) is 5.02 Å². The van der Waals surface area contributed by atoms with Crippen molar-refractivity contribution in [2.45, 2.75) is 56.0 Å². The third-order valence-corrected chi connectivity index (χ3v) is 8.64. The topological polar surface area (TPSA) is 127 Å². The molecular weight excluding hydrogens is 492 g/mol. The van der Waals surface area contributed by atoms with Gasteiger partial charge in [-0.25, -0.2) is 13.9 Å².